The number of rotatable bonds is 3. The molecule has 0 fully saturated rings. The van der Waals surface area contributed by atoms with Crippen LogP contribution < -0.4 is 11.5 Å². The van der Waals surface area contributed by atoms with Crippen molar-refractivity contribution in [1.82, 2.24) is 0 Å². The summed E-state index contributed by atoms with van der Waals surface area (Å²) >= 11 is 6.07. The van der Waals surface area contributed by atoms with Gasteiger partial charge >= 0.3 is 0 Å². The van der Waals surface area contributed by atoms with Crippen molar-refractivity contribution in [2.45, 2.75) is 32.7 Å². The minimum Gasteiger partial charge on any atom is -0.398 e. The van der Waals surface area contributed by atoms with E-state index in [-0.39, 0.29) is 6.04 Å². The fourth-order valence-electron chi connectivity index (χ4n) is 1.47. The van der Waals surface area contributed by atoms with E-state index in [4.69, 9.17) is 23.1 Å². The van der Waals surface area contributed by atoms with Crippen LogP contribution in [-0.4, -0.2) is 0 Å². The van der Waals surface area contributed by atoms with Gasteiger partial charge in [-0.25, -0.2) is 0 Å². The van der Waals surface area contributed by atoms with Gasteiger partial charge in [0.1, 0.15) is 0 Å². The number of aryl methyl sites for hydroxylation is 1. The van der Waals surface area contributed by atoms with Gasteiger partial charge in [0.05, 0.1) is 0 Å². The molecule has 1 aromatic carbocycles. The van der Waals surface area contributed by atoms with E-state index in [1.54, 1.807) is 6.07 Å². The number of anilines is 1. The highest BCUT2D eigenvalue weighted by molar-refractivity contribution is 6.31. The highest BCUT2D eigenvalue weighted by Crippen LogP contribution is 2.28. The molecule has 0 aromatic heterocycles. The third kappa shape index (κ3) is 2.40. The SMILES string of the molecule is CCCC(N)c1cc(C)c(N)cc1Cl. The van der Waals surface area contributed by atoms with Crippen LogP contribution in [0.5, 0.6) is 0 Å². The predicted molar refractivity (Wildman–Crippen MR) is 62.4 cm³/mol. The van der Waals surface area contributed by atoms with E-state index < -0.39 is 0 Å². The number of benzene rings is 1. The summed E-state index contributed by atoms with van der Waals surface area (Å²) in [4.78, 5) is 0. The van der Waals surface area contributed by atoms with E-state index in [0.717, 1.165) is 29.7 Å². The van der Waals surface area contributed by atoms with Crippen molar-refractivity contribution in [1.29, 1.82) is 0 Å². The van der Waals surface area contributed by atoms with Crippen molar-refractivity contribution in [3.8, 4) is 0 Å². The molecule has 0 aliphatic heterocycles. The first kappa shape index (κ1) is 11.3. The highest BCUT2D eigenvalue weighted by atomic mass is 35.5. The van der Waals surface area contributed by atoms with Crippen molar-refractivity contribution in [2.24, 2.45) is 5.73 Å². The summed E-state index contributed by atoms with van der Waals surface area (Å²) < 4.78 is 0. The van der Waals surface area contributed by atoms with Crippen LogP contribution in [0.4, 0.5) is 5.69 Å². The molecular formula is C11H17ClN2. The molecule has 1 unspecified atom stereocenters. The van der Waals surface area contributed by atoms with Crippen molar-refractivity contribution in [2.75, 3.05) is 5.73 Å². The van der Waals surface area contributed by atoms with Crippen molar-refractivity contribution < 1.29 is 0 Å². The summed E-state index contributed by atoms with van der Waals surface area (Å²) in [5.74, 6) is 0. The predicted octanol–water partition coefficient (Wildman–Crippen LogP) is 3.03. The van der Waals surface area contributed by atoms with E-state index >= 15 is 0 Å². The van der Waals surface area contributed by atoms with Gasteiger partial charge in [0.25, 0.3) is 0 Å². The topological polar surface area (TPSA) is 52.0 Å². The fourth-order valence-corrected chi connectivity index (χ4v) is 1.78. The van der Waals surface area contributed by atoms with E-state index in [1.807, 2.05) is 13.0 Å². The van der Waals surface area contributed by atoms with E-state index in [2.05, 4.69) is 6.92 Å². The molecule has 1 aromatic rings. The molecule has 0 saturated carbocycles. The molecule has 3 heteroatoms. The first-order valence-corrected chi connectivity index (χ1v) is 5.25. The second kappa shape index (κ2) is 4.67. The Bertz CT molecular complexity index is 323. The third-order valence-electron chi connectivity index (χ3n) is 2.38. The summed E-state index contributed by atoms with van der Waals surface area (Å²) in [6, 6.07) is 3.78. The molecule has 78 valence electrons. The van der Waals surface area contributed by atoms with Gasteiger partial charge in [-0.15, -0.1) is 0 Å². The molecule has 1 rings (SSSR count). The average molecular weight is 213 g/mol. The number of nitrogen functional groups attached to an aromatic ring is 1. The third-order valence-corrected chi connectivity index (χ3v) is 2.71. The van der Waals surface area contributed by atoms with Crippen LogP contribution >= 0.6 is 11.6 Å². The Labute approximate surface area is 90.2 Å². The van der Waals surface area contributed by atoms with Gasteiger partial charge in [0.2, 0.25) is 0 Å². The molecule has 0 bridgehead atoms. The van der Waals surface area contributed by atoms with Crippen LogP contribution in [0.1, 0.15) is 36.9 Å². The van der Waals surface area contributed by atoms with Crippen LogP contribution in [0.15, 0.2) is 12.1 Å². The summed E-state index contributed by atoms with van der Waals surface area (Å²) in [6.07, 6.45) is 2.00. The van der Waals surface area contributed by atoms with Crippen LogP contribution in [0, 0.1) is 6.92 Å². The standard InChI is InChI=1S/C11H17ClN2/c1-3-4-10(13)8-5-7(2)11(14)6-9(8)12/h5-6,10H,3-4,13-14H2,1-2H3. The average Bonchev–Trinajstić information content (AvgIpc) is 2.11. The van der Waals surface area contributed by atoms with Crippen molar-refractivity contribution in [3.05, 3.63) is 28.3 Å². The summed E-state index contributed by atoms with van der Waals surface area (Å²) in [5.41, 5.74) is 14.5. The summed E-state index contributed by atoms with van der Waals surface area (Å²) in [5, 5.41) is 0.675. The van der Waals surface area contributed by atoms with Crippen LogP contribution in [0.25, 0.3) is 0 Å². The lowest BCUT2D eigenvalue weighted by Crippen LogP contribution is -2.11. The maximum Gasteiger partial charge on any atom is 0.0474 e. The molecule has 4 N–H and O–H groups in total. The zero-order valence-electron chi connectivity index (χ0n) is 8.68. The molecule has 0 heterocycles. The number of nitrogens with two attached hydrogens (primary N) is 2. The van der Waals surface area contributed by atoms with Gasteiger partial charge in [-0.05, 0) is 30.5 Å². The van der Waals surface area contributed by atoms with Gasteiger partial charge in [-0.1, -0.05) is 31.0 Å². The maximum absolute atomic E-state index is 6.07. The lowest BCUT2D eigenvalue weighted by atomic mass is 10.0. The van der Waals surface area contributed by atoms with Gasteiger partial charge < -0.3 is 11.5 Å². The minimum atomic E-state index is 0.0202. The second-order valence-corrected chi connectivity index (χ2v) is 4.03. The smallest absolute Gasteiger partial charge is 0.0474 e. The highest BCUT2D eigenvalue weighted by Gasteiger charge is 2.10. The molecule has 0 radical (unpaired) electrons. The Hall–Kier alpha value is -0.730. The molecule has 1 atom stereocenters. The van der Waals surface area contributed by atoms with Crippen molar-refractivity contribution >= 4 is 17.3 Å². The number of hydrogen-bond donors (Lipinski definition) is 2. The number of hydrogen-bond acceptors (Lipinski definition) is 2. The lowest BCUT2D eigenvalue weighted by molar-refractivity contribution is 0.638. The zero-order valence-corrected chi connectivity index (χ0v) is 9.43. The normalized spacial score (nSPS) is 12.9. The van der Waals surface area contributed by atoms with Crippen LogP contribution in [0.3, 0.4) is 0 Å². The molecule has 14 heavy (non-hydrogen) atoms. The van der Waals surface area contributed by atoms with E-state index in [9.17, 15) is 0 Å². The molecule has 0 aliphatic carbocycles. The van der Waals surface area contributed by atoms with Crippen LogP contribution in [-0.2, 0) is 0 Å². The molecular weight excluding hydrogens is 196 g/mol. The monoisotopic (exact) mass is 212 g/mol. The Morgan fingerprint density at radius 2 is 2.07 bits per heavy atom. The summed E-state index contributed by atoms with van der Waals surface area (Å²) in [6.45, 7) is 4.08. The first-order chi connectivity index (χ1) is 6.56. The first-order valence-electron chi connectivity index (χ1n) is 4.87. The number of halogens is 1. The van der Waals surface area contributed by atoms with Crippen molar-refractivity contribution in [3.63, 3.8) is 0 Å². The van der Waals surface area contributed by atoms with Gasteiger partial charge in [-0.3, -0.25) is 0 Å². The molecule has 0 spiro atoms. The minimum absolute atomic E-state index is 0.0202. The Balaban J connectivity index is 3.02. The Morgan fingerprint density at radius 3 is 2.64 bits per heavy atom. The quantitative estimate of drug-likeness (QED) is 0.757. The van der Waals surface area contributed by atoms with Gasteiger partial charge in [-0.2, -0.15) is 0 Å². The lowest BCUT2D eigenvalue weighted by Gasteiger charge is -2.14. The Morgan fingerprint density at radius 1 is 1.43 bits per heavy atom. The Kier molecular flexibility index (Phi) is 3.78. The van der Waals surface area contributed by atoms with E-state index in [0.29, 0.717) is 5.02 Å². The van der Waals surface area contributed by atoms with Gasteiger partial charge in [0.15, 0.2) is 0 Å². The van der Waals surface area contributed by atoms with E-state index in [1.165, 1.54) is 0 Å². The molecule has 0 aliphatic rings. The zero-order chi connectivity index (χ0) is 10.7. The molecule has 2 nitrogen and oxygen atoms in total. The molecule has 0 saturated heterocycles. The van der Waals surface area contributed by atoms with Crippen LogP contribution in [0.2, 0.25) is 5.02 Å². The van der Waals surface area contributed by atoms with Gasteiger partial charge in [0, 0.05) is 16.8 Å². The summed E-state index contributed by atoms with van der Waals surface area (Å²) in [7, 11) is 0. The largest absolute Gasteiger partial charge is 0.398 e. The molecule has 0 amide bonds. The maximum atomic E-state index is 6.07. The second-order valence-electron chi connectivity index (χ2n) is 3.63. The fraction of sp³-hybridized carbons (Fsp3) is 0.455.